The van der Waals surface area contributed by atoms with Gasteiger partial charge in [0.1, 0.15) is 6.10 Å². The van der Waals surface area contributed by atoms with Crippen LogP contribution in [0.25, 0.3) is 22.2 Å². The van der Waals surface area contributed by atoms with Gasteiger partial charge in [0.2, 0.25) is 0 Å². The van der Waals surface area contributed by atoms with Crippen LogP contribution < -0.4 is 20.7 Å². The maximum atomic E-state index is 13.7. The normalized spacial score (nSPS) is 16.5. The number of hydrogen-bond donors (Lipinski definition) is 0. The molecular weight excluding hydrogens is 470 g/mol. The van der Waals surface area contributed by atoms with Crippen LogP contribution in [0.15, 0.2) is 58.1 Å². The van der Waals surface area contributed by atoms with Crippen LogP contribution in [-0.2, 0) is 24.4 Å². The lowest BCUT2D eigenvalue weighted by molar-refractivity contribution is -0.00716. The Morgan fingerprint density at radius 3 is 2.43 bits per heavy atom. The van der Waals surface area contributed by atoms with Gasteiger partial charge in [0.25, 0.3) is 5.56 Å². The second-order valence-electron chi connectivity index (χ2n) is 10.1. The summed E-state index contributed by atoms with van der Waals surface area (Å²) in [5.41, 5.74) is 2.71. The predicted molar refractivity (Wildman–Crippen MR) is 144 cm³/mol. The number of benzene rings is 2. The van der Waals surface area contributed by atoms with E-state index in [1.54, 1.807) is 18.7 Å². The summed E-state index contributed by atoms with van der Waals surface area (Å²) in [6.45, 7) is 7.22. The lowest BCUT2D eigenvalue weighted by Gasteiger charge is -2.39. The Bertz CT molecular complexity index is 1590. The summed E-state index contributed by atoms with van der Waals surface area (Å²) < 4.78 is 22.9. The van der Waals surface area contributed by atoms with E-state index in [9.17, 15) is 9.59 Å². The van der Waals surface area contributed by atoms with Gasteiger partial charge >= 0.3 is 5.69 Å². The Hall–Kier alpha value is -3.78. The molecule has 37 heavy (non-hydrogen) atoms. The van der Waals surface area contributed by atoms with Gasteiger partial charge in [0.15, 0.2) is 11.5 Å². The van der Waals surface area contributed by atoms with Crippen molar-refractivity contribution < 1.29 is 14.2 Å². The third-order valence-electron chi connectivity index (χ3n) is 7.06. The topological polar surface area (TPSA) is 76.6 Å². The van der Waals surface area contributed by atoms with E-state index < -0.39 is 11.6 Å². The molecule has 1 aliphatic heterocycles. The molecule has 0 saturated carbocycles. The van der Waals surface area contributed by atoms with Crippen LogP contribution in [0, 0.1) is 0 Å². The van der Waals surface area contributed by atoms with Gasteiger partial charge in [-0.15, -0.1) is 0 Å². The molecule has 1 unspecified atom stereocenters. The Morgan fingerprint density at radius 2 is 1.76 bits per heavy atom. The summed E-state index contributed by atoms with van der Waals surface area (Å²) in [7, 11) is 4.84. The van der Waals surface area contributed by atoms with Gasteiger partial charge in [0, 0.05) is 14.1 Å². The third kappa shape index (κ3) is 3.87. The highest BCUT2D eigenvalue weighted by molar-refractivity contribution is 5.96. The Morgan fingerprint density at radius 1 is 1.03 bits per heavy atom. The molecule has 2 aromatic heterocycles. The molecule has 4 aromatic rings. The summed E-state index contributed by atoms with van der Waals surface area (Å²) >= 11 is 0. The van der Waals surface area contributed by atoms with E-state index in [2.05, 4.69) is 25.3 Å². The van der Waals surface area contributed by atoms with Gasteiger partial charge in [-0.25, -0.2) is 4.79 Å². The molecule has 0 saturated heterocycles. The van der Waals surface area contributed by atoms with E-state index in [-0.39, 0.29) is 11.2 Å². The molecule has 0 spiro atoms. The first-order chi connectivity index (χ1) is 17.7. The molecule has 1 atom stereocenters. The minimum absolute atomic E-state index is 0.325. The molecule has 194 valence electrons. The molecule has 0 bridgehead atoms. The fourth-order valence-electron chi connectivity index (χ4n) is 5.30. The van der Waals surface area contributed by atoms with Gasteiger partial charge in [-0.2, -0.15) is 0 Å². The van der Waals surface area contributed by atoms with Crippen molar-refractivity contribution in [2.75, 3.05) is 20.3 Å². The SMILES string of the molecule is CCCOc1ccc(C2OCC(C)(C)n3c(-c4ccccc4)c4c(=O)n(C)c(=O)n(C)c4c32)cc1OC. The quantitative estimate of drug-likeness (QED) is 0.391. The number of ether oxygens (including phenoxy) is 3. The van der Waals surface area contributed by atoms with Gasteiger partial charge < -0.3 is 18.8 Å². The third-order valence-corrected chi connectivity index (χ3v) is 7.06. The molecule has 0 amide bonds. The molecule has 1 aliphatic rings. The molecule has 2 aromatic carbocycles. The highest BCUT2D eigenvalue weighted by atomic mass is 16.5. The van der Waals surface area contributed by atoms with E-state index >= 15 is 0 Å². The van der Waals surface area contributed by atoms with Crippen LogP contribution in [0.2, 0.25) is 0 Å². The Balaban J connectivity index is 1.88. The molecule has 8 nitrogen and oxygen atoms in total. The van der Waals surface area contributed by atoms with Crippen molar-refractivity contribution in [1.29, 1.82) is 0 Å². The predicted octanol–water partition coefficient (Wildman–Crippen LogP) is 4.36. The maximum absolute atomic E-state index is 13.7. The summed E-state index contributed by atoms with van der Waals surface area (Å²) in [4.78, 5) is 26.8. The van der Waals surface area contributed by atoms with Crippen LogP contribution in [0.3, 0.4) is 0 Å². The molecule has 3 heterocycles. The first-order valence-electron chi connectivity index (χ1n) is 12.5. The summed E-state index contributed by atoms with van der Waals surface area (Å²) in [6, 6.07) is 15.6. The summed E-state index contributed by atoms with van der Waals surface area (Å²) in [5.74, 6) is 1.27. The van der Waals surface area contributed by atoms with E-state index in [1.165, 1.54) is 11.6 Å². The number of aryl methyl sites for hydroxylation is 1. The standard InChI is InChI=1S/C29H33N3O5/c1-7-15-36-20-14-13-19(16-21(20)35-6)26-25-24-22(27(33)31(5)28(34)30(24)4)23(18-11-9-8-10-12-18)32(25)29(2,3)17-37-26/h8-14,16,26H,7,15,17H2,1-6H3. The maximum Gasteiger partial charge on any atom is 0.331 e. The average Bonchev–Trinajstić information content (AvgIpc) is 3.28. The van der Waals surface area contributed by atoms with Crippen molar-refractivity contribution in [1.82, 2.24) is 13.7 Å². The molecule has 0 N–H and O–H groups in total. The Labute approximate surface area is 215 Å². The van der Waals surface area contributed by atoms with E-state index in [4.69, 9.17) is 14.2 Å². The zero-order valence-electron chi connectivity index (χ0n) is 22.2. The van der Waals surface area contributed by atoms with Crippen molar-refractivity contribution in [3.05, 3.63) is 80.6 Å². The second kappa shape index (κ2) is 9.27. The van der Waals surface area contributed by atoms with Crippen molar-refractivity contribution in [3.63, 3.8) is 0 Å². The van der Waals surface area contributed by atoms with Crippen LogP contribution in [-0.4, -0.2) is 34.0 Å². The van der Waals surface area contributed by atoms with Gasteiger partial charge in [-0.05, 0) is 43.5 Å². The zero-order chi connectivity index (χ0) is 26.5. The minimum atomic E-state index is -0.528. The van der Waals surface area contributed by atoms with E-state index in [1.807, 2.05) is 48.5 Å². The van der Waals surface area contributed by atoms with Crippen molar-refractivity contribution in [3.8, 4) is 22.8 Å². The average molecular weight is 504 g/mol. The van der Waals surface area contributed by atoms with Crippen LogP contribution in [0.5, 0.6) is 11.5 Å². The highest BCUT2D eigenvalue weighted by Crippen LogP contribution is 2.46. The smallest absolute Gasteiger partial charge is 0.331 e. The highest BCUT2D eigenvalue weighted by Gasteiger charge is 2.40. The largest absolute Gasteiger partial charge is 0.493 e. The first kappa shape index (κ1) is 24.9. The minimum Gasteiger partial charge on any atom is -0.493 e. The number of aromatic nitrogens is 3. The molecule has 8 heteroatoms. The van der Waals surface area contributed by atoms with Gasteiger partial charge in [-0.1, -0.05) is 43.3 Å². The molecule has 0 fully saturated rings. The molecular formula is C29H33N3O5. The van der Waals surface area contributed by atoms with Crippen LogP contribution >= 0.6 is 0 Å². The van der Waals surface area contributed by atoms with Crippen molar-refractivity contribution >= 4 is 10.9 Å². The fourth-order valence-corrected chi connectivity index (χ4v) is 5.30. The number of hydrogen-bond acceptors (Lipinski definition) is 5. The van der Waals surface area contributed by atoms with Crippen LogP contribution in [0.1, 0.15) is 44.6 Å². The lowest BCUT2D eigenvalue weighted by Crippen LogP contribution is -2.40. The van der Waals surface area contributed by atoms with E-state index in [0.29, 0.717) is 35.6 Å². The number of methoxy groups -OCH3 is 1. The summed E-state index contributed by atoms with van der Waals surface area (Å²) in [6.07, 6.45) is 0.357. The molecule has 5 rings (SSSR count). The first-order valence-corrected chi connectivity index (χ1v) is 12.5. The van der Waals surface area contributed by atoms with Gasteiger partial charge in [0.05, 0.1) is 48.2 Å². The van der Waals surface area contributed by atoms with Crippen molar-refractivity contribution in [2.24, 2.45) is 14.1 Å². The fraction of sp³-hybridized carbons (Fsp3) is 0.379. The monoisotopic (exact) mass is 503 g/mol. The second-order valence-corrected chi connectivity index (χ2v) is 10.1. The van der Waals surface area contributed by atoms with E-state index in [0.717, 1.165) is 28.9 Å². The molecule has 0 radical (unpaired) electrons. The number of rotatable bonds is 6. The number of fused-ring (bicyclic) bond motifs is 3. The van der Waals surface area contributed by atoms with Gasteiger partial charge in [-0.3, -0.25) is 13.9 Å². The Kier molecular flexibility index (Phi) is 6.23. The molecule has 0 aliphatic carbocycles. The number of nitrogens with zero attached hydrogens (tertiary/aromatic N) is 3. The lowest BCUT2D eigenvalue weighted by atomic mass is 9.97. The van der Waals surface area contributed by atoms with Crippen molar-refractivity contribution in [2.45, 2.75) is 38.8 Å². The zero-order valence-corrected chi connectivity index (χ0v) is 22.2. The van der Waals surface area contributed by atoms with Crippen LogP contribution in [0.4, 0.5) is 0 Å². The summed E-state index contributed by atoms with van der Waals surface area (Å²) in [5, 5.41) is 0.504.